The minimum atomic E-state index is -0.494. The summed E-state index contributed by atoms with van der Waals surface area (Å²) in [5.74, 6) is -0.428. The van der Waals surface area contributed by atoms with E-state index in [0.717, 1.165) is 46.2 Å². The molecule has 2 aromatic heterocycles. The molecule has 4 rings (SSSR count). The van der Waals surface area contributed by atoms with Gasteiger partial charge in [-0.05, 0) is 63.3 Å². The molecule has 0 radical (unpaired) electrons. The van der Waals surface area contributed by atoms with Crippen LogP contribution in [0.3, 0.4) is 0 Å². The fourth-order valence-corrected chi connectivity index (χ4v) is 5.05. The average molecular weight is 442 g/mol. The molecule has 2 heterocycles. The summed E-state index contributed by atoms with van der Waals surface area (Å²) in [7, 11) is 1.31. The third-order valence-corrected chi connectivity index (χ3v) is 6.85. The lowest BCUT2D eigenvalue weighted by atomic mass is 10.0. The molecule has 0 atom stereocenters. The number of nitrogens with one attached hydrogen (secondary N) is 1. The van der Waals surface area contributed by atoms with Gasteiger partial charge in [0.1, 0.15) is 16.3 Å². The summed E-state index contributed by atoms with van der Waals surface area (Å²) in [5.41, 5.74) is 3.84. The first kappa shape index (κ1) is 21.1. The molecule has 0 spiro atoms. The lowest BCUT2D eigenvalue weighted by Gasteiger charge is -2.12. The highest BCUT2D eigenvalue weighted by atomic mass is 32.1. The number of hydrogen-bond acceptors (Lipinski definition) is 7. The second-order valence-electron chi connectivity index (χ2n) is 7.58. The highest BCUT2D eigenvalue weighted by Crippen LogP contribution is 2.34. The number of anilines is 1. The number of carbonyl (C=O) groups excluding carboxylic acids is 2. The van der Waals surface area contributed by atoms with Crippen LogP contribution in [0.1, 0.15) is 43.9 Å². The van der Waals surface area contributed by atoms with Crippen LogP contribution in [0.2, 0.25) is 0 Å². The summed E-state index contributed by atoms with van der Waals surface area (Å²) in [5, 5.41) is 4.10. The normalized spacial score (nSPS) is 12.6. The van der Waals surface area contributed by atoms with E-state index < -0.39 is 11.9 Å². The quantitative estimate of drug-likeness (QED) is 0.474. The van der Waals surface area contributed by atoms with E-state index in [0.29, 0.717) is 27.5 Å². The number of fused-ring (bicyclic) bond motifs is 3. The number of methoxy groups -OCH3 is 1. The molecular weight excluding hydrogens is 418 g/mol. The van der Waals surface area contributed by atoms with E-state index in [9.17, 15) is 14.4 Å². The molecule has 8 heteroatoms. The summed E-state index contributed by atoms with van der Waals surface area (Å²) < 4.78 is 16.1. The first-order valence-electron chi connectivity index (χ1n) is 10.0. The molecule has 31 heavy (non-hydrogen) atoms. The van der Waals surface area contributed by atoms with Crippen molar-refractivity contribution in [3.05, 3.63) is 55.2 Å². The van der Waals surface area contributed by atoms with Crippen molar-refractivity contribution >= 4 is 39.2 Å². The standard InChI is InChI=1S/C23H23NO6S/c1-11-13(3)31-21(19(11)23(27)28-4)24-18(25)10-29-17-9-8-15-14-6-5-7-16(14)22(26)30-20(15)12(17)2/h8-9H,5-7,10H2,1-4H3,(H,24,25). The smallest absolute Gasteiger partial charge is 0.341 e. The molecule has 1 amide bonds. The van der Waals surface area contributed by atoms with E-state index in [1.54, 1.807) is 13.0 Å². The third kappa shape index (κ3) is 3.72. The molecule has 7 nitrogen and oxygen atoms in total. The van der Waals surface area contributed by atoms with Gasteiger partial charge < -0.3 is 19.2 Å². The van der Waals surface area contributed by atoms with Crippen molar-refractivity contribution in [3.8, 4) is 5.75 Å². The predicted octanol–water partition coefficient (Wildman–Crippen LogP) is 4.07. The number of carbonyl (C=O) groups is 2. The number of rotatable bonds is 5. The monoisotopic (exact) mass is 441 g/mol. The average Bonchev–Trinajstić information content (AvgIpc) is 3.33. The molecule has 162 valence electrons. The van der Waals surface area contributed by atoms with Crippen LogP contribution in [0.4, 0.5) is 5.00 Å². The van der Waals surface area contributed by atoms with Crippen molar-refractivity contribution in [2.75, 3.05) is 19.0 Å². The van der Waals surface area contributed by atoms with Crippen molar-refractivity contribution < 1.29 is 23.5 Å². The van der Waals surface area contributed by atoms with Gasteiger partial charge in [-0.3, -0.25) is 4.79 Å². The van der Waals surface area contributed by atoms with Gasteiger partial charge in [-0.25, -0.2) is 9.59 Å². The summed E-state index contributed by atoms with van der Waals surface area (Å²) >= 11 is 1.31. The van der Waals surface area contributed by atoms with Crippen LogP contribution in [-0.4, -0.2) is 25.6 Å². The Morgan fingerprint density at radius 3 is 2.61 bits per heavy atom. The van der Waals surface area contributed by atoms with E-state index >= 15 is 0 Å². The number of aryl methyl sites for hydroxylation is 3. The van der Waals surface area contributed by atoms with Crippen LogP contribution in [-0.2, 0) is 22.4 Å². The van der Waals surface area contributed by atoms with Crippen molar-refractivity contribution in [3.63, 3.8) is 0 Å². The van der Waals surface area contributed by atoms with E-state index in [-0.39, 0.29) is 12.2 Å². The summed E-state index contributed by atoms with van der Waals surface area (Å²) in [6.07, 6.45) is 2.56. The molecule has 0 bridgehead atoms. The van der Waals surface area contributed by atoms with Gasteiger partial charge in [0.25, 0.3) is 5.91 Å². The maximum atomic E-state index is 12.5. The van der Waals surface area contributed by atoms with Crippen LogP contribution >= 0.6 is 11.3 Å². The molecule has 0 unspecified atom stereocenters. The van der Waals surface area contributed by atoms with Gasteiger partial charge in [0.15, 0.2) is 6.61 Å². The summed E-state index contributed by atoms with van der Waals surface area (Å²) in [6, 6.07) is 3.67. The molecule has 0 saturated heterocycles. The number of benzene rings is 1. The van der Waals surface area contributed by atoms with Crippen LogP contribution in [0, 0.1) is 20.8 Å². The Morgan fingerprint density at radius 1 is 1.13 bits per heavy atom. The number of esters is 1. The van der Waals surface area contributed by atoms with Gasteiger partial charge in [0.05, 0.1) is 12.7 Å². The van der Waals surface area contributed by atoms with Crippen molar-refractivity contribution in [2.24, 2.45) is 0 Å². The Kier molecular flexibility index (Phi) is 5.58. The first-order chi connectivity index (χ1) is 14.8. The van der Waals surface area contributed by atoms with Crippen molar-refractivity contribution in [2.45, 2.75) is 40.0 Å². The topological polar surface area (TPSA) is 94.8 Å². The third-order valence-electron chi connectivity index (χ3n) is 5.73. The Labute approximate surface area is 183 Å². The number of hydrogen-bond donors (Lipinski definition) is 1. The van der Waals surface area contributed by atoms with E-state index in [4.69, 9.17) is 13.9 Å². The highest BCUT2D eigenvalue weighted by Gasteiger charge is 2.23. The predicted molar refractivity (Wildman–Crippen MR) is 119 cm³/mol. The lowest BCUT2D eigenvalue weighted by molar-refractivity contribution is -0.118. The van der Waals surface area contributed by atoms with Gasteiger partial charge >= 0.3 is 11.6 Å². The van der Waals surface area contributed by atoms with Crippen molar-refractivity contribution in [1.29, 1.82) is 0 Å². The molecule has 1 N–H and O–H groups in total. The number of thiophene rings is 1. The zero-order chi connectivity index (χ0) is 22.3. The molecule has 1 aliphatic carbocycles. The van der Waals surface area contributed by atoms with Gasteiger partial charge in [-0.15, -0.1) is 11.3 Å². The van der Waals surface area contributed by atoms with Crippen LogP contribution in [0.15, 0.2) is 21.3 Å². The second-order valence-corrected chi connectivity index (χ2v) is 8.81. The maximum Gasteiger partial charge on any atom is 0.341 e. The fraction of sp³-hybridized carbons (Fsp3) is 0.348. The summed E-state index contributed by atoms with van der Waals surface area (Å²) in [6.45, 7) is 5.24. The van der Waals surface area contributed by atoms with Gasteiger partial charge in [0.2, 0.25) is 0 Å². The SMILES string of the molecule is COC(=O)c1c(NC(=O)COc2ccc3c4c(c(=O)oc3c2C)CCC4)sc(C)c1C. The lowest BCUT2D eigenvalue weighted by Crippen LogP contribution is -2.21. The summed E-state index contributed by atoms with van der Waals surface area (Å²) in [4.78, 5) is 37.8. The van der Waals surface area contributed by atoms with Gasteiger partial charge in [-0.1, -0.05) is 0 Å². The van der Waals surface area contributed by atoms with Crippen LogP contribution in [0.5, 0.6) is 5.75 Å². The number of amides is 1. The Hall–Kier alpha value is -3.13. The Morgan fingerprint density at radius 2 is 1.87 bits per heavy atom. The first-order valence-corrected chi connectivity index (χ1v) is 10.8. The molecular formula is C23H23NO6S. The highest BCUT2D eigenvalue weighted by molar-refractivity contribution is 7.16. The minimum absolute atomic E-state index is 0.252. The molecule has 0 saturated carbocycles. The largest absolute Gasteiger partial charge is 0.483 e. The molecule has 0 fully saturated rings. The van der Waals surface area contributed by atoms with E-state index in [1.165, 1.54) is 18.4 Å². The Balaban J connectivity index is 1.54. The van der Waals surface area contributed by atoms with Gasteiger partial charge in [-0.2, -0.15) is 0 Å². The van der Waals surface area contributed by atoms with E-state index in [2.05, 4.69) is 5.32 Å². The Bertz CT molecular complexity index is 1270. The molecule has 3 aromatic rings. The number of ether oxygens (including phenoxy) is 2. The molecule has 1 aromatic carbocycles. The zero-order valence-corrected chi connectivity index (χ0v) is 18.7. The molecule has 0 aliphatic heterocycles. The second kappa shape index (κ2) is 8.19. The maximum absolute atomic E-state index is 12.5. The van der Waals surface area contributed by atoms with Crippen LogP contribution in [0.25, 0.3) is 11.0 Å². The molecule has 1 aliphatic rings. The zero-order valence-electron chi connectivity index (χ0n) is 17.8. The minimum Gasteiger partial charge on any atom is -0.483 e. The van der Waals surface area contributed by atoms with Crippen molar-refractivity contribution in [1.82, 2.24) is 0 Å². The van der Waals surface area contributed by atoms with Gasteiger partial charge in [0, 0.05) is 21.4 Å². The fourth-order valence-electron chi connectivity index (χ4n) is 3.99. The van der Waals surface area contributed by atoms with Crippen LogP contribution < -0.4 is 15.7 Å². The van der Waals surface area contributed by atoms with E-state index in [1.807, 2.05) is 19.9 Å².